The first-order chi connectivity index (χ1) is 16.7. The van der Waals surface area contributed by atoms with E-state index in [0.717, 1.165) is 74.6 Å². The van der Waals surface area contributed by atoms with Crippen LogP contribution in [0.25, 0.3) is 11.0 Å². The molecule has 0 spiro atoms. The topological polar surface area (TPSA) is 55.2 Å². The minimum Gasteiger partial charge on any atom is -0.464 e. The van der Waals surface area contributed by atoms with Crippen molar-refractivity contribution in [3.8, 4) is 11.5 Å². The molecule has 0 N–H and O–H groups in total. The average Bonchev–Trinajstić information content (AvgIpc) is 3.45. The fraction of sp³-hybridized carbons (Fsp3) is 0.464. The zero-order valence-electron chi connectivity index (χ0n) is 19.6. The first kappa shape index (κ1) is 21.5. The van der Waals surface area contributed by atoms with Gasteiger partial charge in [-0.25, -0.2) is 0 Å². The summed E-state index contributed by atoms with van der Waals surface area (Å²) >= 11 is 0. The summed E-state index contributed by atoms with van der Waals surface area (Å²) in [5, 5.41) is 1.24. The largest absolute Gasteiger partial charge is 0.464 e. The maximum absolute atomic E-state index is 13.1. The summed E-state index contributed by atoms with van der Waals surface area (Å²) in [6.45, 7) is 5.26. The number of ether oxygens (including phenoxy) is 2. The Kier molecular flexibility index (Phi) is 5.91. The third kappa shape index (κ3) is 4.39. The lowest BCUT2D eigenvalue weighted by atomic mass is 9.96. The van der Waals surface area contributed by atoms with Crippen LogP contribution in [0.15, 0.2) is 47.1 Å². The summed E-state index contributed by atoms with van der Waals surface area (Å²) < 4.78 is 16.8. The molecule has 3 aromatic rings. The molecule has 0 bridgehead atoms. The molecule has 1 unspecified atom stereocenters. The number of hydrogen-bond acceptors (Lipinski definition) is 5. The number of benzene rings is 2. The van der Waals surface area contributed by atoms with E-state index in [1.54, 1.807) is 0 Å². The quantitative estimate of drug-likeness (QED) is 0.545. The molecule has 0 saturated carbocycles. The molecule has 1 saturated heterocycles. The minimum absolute atomic E-state index is 0.238. The Morgan fingerprint density at radius 1 is 1.03 bits per heavy atom. The highest BCUT2D eigenvalue weighted by atomic mass is 16.7. The highest BCUT2D eigenvalue weighted by Crippen LogP contribution is 2.36. The van der Waals surface area contributed by atoms with Crippen molar-refractivity contribution in [2.75, 3.05) is 39.5 Å². The Balaban J connectivity index is 1.02. The van der Waals surface area contributed by atoms with Gasteiger partial charge in [-0.05, 0) is 86.0 Å². The predicted molar refractivity (Wildman–Crippen MR) is 130 cm³/mol. The molecule has 1 fully saturated rings. The molecule has 3 aliphatic rings. The number of furan rings is 1. The Morgan fingerprint density at radius 2 is 1.88 bits per heavy atom. The standard InChI is InChI=1S/C28H32N2O4/c31-28-15-23-14-27-26(33-19-34-27)13-21(23)9-12-30(28)17-20-5-3-10-29(16-20)11-4-6-22-18-32-25-8-2-1-7-24(22)25/h1-2,7-8,13-14,18,20H,3-6,9-12,15-17,19H2. The molecule has 1 aromatic heterocycles. The summed E-state index contributed by atoms with van der Waals surface area (Å²) in [6.07, 6.45) is 7.84. The van der Waals surface area contributed by atoms with E-state index in [9.17, 15) is 4.79 Å². The first-order valence-electron chi connectivity index (χ1n) is 12.6. The molecule has 1 atom stereocenters. The van der Waals surface area contributed by atoms with E-state index >= 15 is 0 Å². The molecule has 4 heterocycles. The molecule has 34 heavy (non-hydrogen) atoms. The van der Waals surface area contributed by atoms with Crippen LogP contribution in [0.3, 0.4) is 0 Å². The molecule has 3 aliphatic heterocycles. The van der Waals surface area contributed by atoms with E-state index in [-0.39, 0.29) is 12.7 Å². The molecule has 6 heteroatoms. The minimum atomic E-state index is 0.238. The van der Waals surface area contributed by atoms with Gasteiger partial charge in [0.1, 0.15) is 5.58 Å². The zero-order chi connectivity index (χ0) is 22.9. The van der Waals surface area contributed by atoms with E-state index in [4.69, 9.17) is 13.9 Å². The Morgan fingerprint density at radius 3 is 2.79 bits per heavy atom. The van der Waals surface area contributed by atoms with Crippen LogP contribution in [0.1, 0.15) is 36.0 Å². The Hall–Kier alpha value is -2.99. The van der Waals surface area contributed by atoms with Crippen LogP contribution in [0, 0.1) is 5.92 Å². The van der Waals surface area contributed by atoms with E-state index in [0.29, 0.717) is 12.3 Å². The van der Waals surface area contributed by atoms with E-state index in [2.05, 4.69) is 28.0 Å². The molecule has 0 aliphatic carbocycles. The van der Waals surface area contributed by atoms with Gasteiger partial charge < -0.3 is 23.7 Å². The second-order valence-corrected chi connectivity index (χ2v) is 9.91. The van der Waals surface area contributed by atoms with Gasteiger partial charge in [-0.1, -0.05) is 18.2 Å². The maximum atomic E-state index is 13.1. The SMILES string of the molecule is O=C1Cc2cc3c(cc2CCN1CC1CCCN(CCCc2coc4ccccc24)C1)OCO3. The van der Waals surface area contributed by atoms with Crippen molar-refractivity contribution < 1.29 is 18.7 Å². The van der Waals surface area contributed by atoms with Crippen LogP contribution < -0.4 is 9.47 Å². The third-order valence-corrected chi connectivity index (χ3v) is 7.60. The fourth-order valence-corrected chi connectivity index (χ4v) is 5.81. The van der Waals surface area contributed by atoms with Gasteiger partial charge in [0, 0.05) is 25.0 Å². The first-order valence-corrected chi connectivity index (χ1v) is 12.6. The number of aryl methyl sites for hydroxylation is 1. The van der Waals surface area contributed by atoms with Crippen LogP contribution in [0.5, 0.6) is 11.5 Å². The fourth-order valence-electron chi connectivity index (χ4n) is 5.81. The monoisotopic (exact) mass is 460 g/mol. The molecule has 6 nitrogen and oxygen atoms in total. The normalized spacial score (nSPS) is 20.5. The number of para-hydroxylation sites is 1. The number of amides is 1. The Bertz CT molecular complexity index is 1190. The molecular formula is C28H32N2O4. The number of piperidine rings is 1. The predicted octanol–water partition coefficient (Wildman–Crippen LogP) is 4.43. The summed E-state index contributed by atoms with van der Waals surface area (Å²) in [7, 11) is 0. The van der Waals surface area contributed by atoms with Crippen LogP contribution in [0.4, 0.5) is 0 Å². The number of carbonyl (C=O) groups is 1. The highest BCUT2D eigenvalue weighted by molar-refractivity contribution is 5.81. The van der Waals surface area contributed by atoms with Gasteiger partial charge in [0.2, 0.25) is 12.7 Å². The van der Waals surface area contributed by atoms with Crippen molar-refractivity contribution in [1.82, 2.24) is 9.80 Å². The third-order valence-electron chi connectivity index (χ3n) is 7.60. The van der Waals surface area contributed by atoms with Gasteiger partial charge in [-0.2, -0.15) is 0 Å². The lowest BCUT2D eigenvalue weighted by Gasteiger charge is -2.35. The Labute approximate surface area is 200 Å². The second-order valence-electron chi connectivity index (χ2n) is 9.91. The summed E-state index contributed by atoms with van der Waals surface area (Å²) in [5.74, 6) is 2.37. The zero-order valence-corrected chi connectivity index (χ0v) is 19.6. The summed E-state index contributed by atoms with van der Waals surface area (Å²) in [6, 6.07) is 12.4. The van der Waals surface area contributed by atoms with E-state index in [1.165, 1.54) is 29.4 Å². The molecule has 178 valence electrons. The lowest BCUT2D eigenvalue weighted by Crippen LogP contribution is -2.43. The maximum Gasteiger partial charge on any atom is 0.231 e. The van der Waals surface area contributed by atoms with Gasteiger partial charge in [0.05, 0.1) is 12.7 Å². The van der Waals surface area contributed by atoms with Crippen LogP contribution in [-0.4, -0.2) is 55.2 Å². The van der Waals surface area contributed by atoms with Crippen molar-refractivity contribution in [1.29, 1.82) is 0 Å². The van der Waals surface area contributed by atoms with Gasteiger partial charge >= 0.3 is 0 Å². The number of rotatable bonds is 6. The number of likely N-dealkylation sites (tertiary alicyclic amines) is 1. The number of hydrogen-bond donors (Lipinski definition) is 0. The van der Waals surface area contributed by atoms with Gasteiger partial charge in [0.25, 0.3) is 0 Å². The average molecular weight is 461 g/mol. The molecule has 1 amide bonds. The highest BCUT2D eigenvalue weighted by Gasteiger charge is 2.28. The molecular weight excluding hydrogens is 428 g/mol. The van der Waals surface area contributed by atoms with Crippen LogP contribution in [0.2, 0.25) is 0 Å². The lowest BCUT2D eigenvalue weighted by molar-refractivity contribution is -0.131. The number of fused-ring (bicyclic) bond motifs is 3. The van der Waals surface area contributed by atoms with Crippen LogP contribution in [-0.2, 0) is 24.1 Å². The second kappa shape index (κ2) is 9.34. The van der Waals surface area contributed by atoms with Gasteiger partial charge in [-0.3, -0.25) is 4.79 Å². The summed E-state index contributed by atoms with van der Waals surface area (Å²) in [5.41, 5.74) is 4.59. The van der Waals surface area contributed by atoms with Crippen molar-refractivity contribution in [2.45, 2.75) is 38.5 Å². The van der Waals surface area contributed by atoms with E-state index < -0.39 is 0 Å². The van der Waals surface area contributed by atoms with Crippen molar-refractivity contribution in [3.05, 3.63) is 59.4 Å². The van der Waals surface area contributed by atoms with Crippen molar-refractivity contribution in [3.63, 3.8) is 0 Å². The van der Waals surface area contributed by atoms with Gasteiger partial charge in [0.15, 0.2) is 11.5 Å². The molecule has 0 radical (unpaired) electrons. The molecule has 6 rings (SSSR count). The van der Waals surface area contributed by atoms with E-state index in [1.807, 2.05) is 24.5 Å². The van der Waals surface area contributed by atoms with Crippen molar-refractivity contribution in [2.24, 2.45) is 5.92 Å². The summed E-state index contributed by atoms with van der Waals surface area (Å²) in [4.78, 5) is 17.8. The smallest absolute Gasteiger partial charge is 0.231 e. The van der Waals surface area contributed by atoms with Crippen LogP contribution >= 0.6 is 0 Å². The molecule has 2 aromatic carbocycles. The van der Waals surface area contributed by atoms with Gasteiger partial charge in [-0.15, -0.1) is 0 Å². The van der Waals surface area contributed by atoms with Crippen molar-refractivity contribution >= 4 is 16.9 Å². The number of nitrogens with zero attached hydrogens (tertiary/aromatic N) is 2. The number of carbonyl (C=O) groups excluding carboxylic acids is 1.